The molecule has 0 aliphatic heterocycles. The van der Waals surface area contributed by atoms with Crippen LogP contribution in [0.5, 0.6) is 0 Å². The highest BCUT2D eigenvalue weighted by Gasteiger charge is 2.13. The van der Waals surface area contributed by atoms with E-state index in [1.807, 2.05) is 11.0 Å². The van der Waals surface area contributed by atoms with E-state index >= 15 is 0 Å². The SMILES string of the molecule is CC(C)CN(CC(N)=O)c1ccc(C(N)=S)c(Cl)c1. The van der Waals surface area contributed by atoms with Crippen molar-refractivity contribution < 1.29 is 4.79 Å². The summed E-state index contributed by atoms with van der Waals surface area (Å²) in [5, 5.41) is 0.475. The maximum absolute atomic E-state index is 11.1. The van der Waals surface area contributed by atoms with E-state index in [0.717, 1.165) is 5.69 Å². The van der Waals surface area contributed by atoms with Crippen molar-refractivity contribution in [2.75, 3.05) is 18.0 Å². The van der Waals surface area contributed by atoms with Gasteiger partial charge < -0.3 is 16.4 Å². The van der Waals surface area contributed by atoms with Crippen molar-refractivity contribution in [3.8, 4) is 0 Å². The van der Waals surface area contributed by atoms with Gasteiger partial charge in [-0.15, -0.1) is 0 Å². The van der Waals surface area contributed by atoms with Crippen LogP contribution in [0.1, 0.15) is 19.4 Å². The van der Waals surface area contributed by atoms with Crippen LogP contribution in [0.2, 0.25) is 5.02 Å². The fraction of sp³-hybridized carbons (Fsp3) is 0.385. The fourth-order valence-electron chi connectivity index (χ4n) is 1.79. The van der Waals surface area contributed by atoms with E-state index in [9.17, 15) is 4.79 Å². The molecule has 0 radical (unpaired) electrons. The van der Waals surface area contributed by atoms with Crippen molar-refractivity contribution >= 4 is 40.4 Å². The van der Waals surface area contributed by atoms with Crippen LogP contribution in [-0.2, 0) is 4.79 Å². The fourth-order valence-corrected chi connectivity index (χ4v) is 2.30. The quantitative estimate of drug-likeness (QED) is 0.787. The normalized spacial score (nSPS) is 10.5. The summed E-state index contributed by atoms with van der Waals surface area (Å²) < 4.78 is 0. The van der Waals surface area contributed by atoms with E-state index < -0.39 is 0 Å². The largest absolute Gasteiger partial charge is 0.389 e. The van der Waals surface area contributed by atoms with Crippen LogP contribution >= 0.6 is 23.8 Å². The molecule has 1 amide bonds. The molecule has 19 heavy (non-hydrogen) atoms. The molecular formula is C13H18ClN3OS. The number of halogens is 1. The summed E-state index contributed by atoms with van der Waals surface area (Å²) in [5.41, 5.74) is 12.3. The minimum atomic E-state index is -0.379. The molecule has 0 aliphatic rings. The van der Waals surface area contributed by atoms with Crippen molar-refractivity contribution in [3.05, 3.63) is 28.8 Å². The molecule has 0 unspecified atom stereocenters. The number of thiocarbonyl (C=S) groups is 1. The average molecular weight is 300 g/mol. The zero-order valence-corrected chi connectivity index (χ0v) is 12.6. The number of nitrogens with zero attached hydrogens (tertiary/aromatic N) is 1. The molecule has 4 N–H and O–H groups in total. The van der Waals surface area contributed by atoms with Gasteiger partial charge in [0.15, 0.2) is 0 Å². The molecule has 1 aromatic rings. The monoisotopic (exact) mass is 299 g/mol. The van der Waals surface area contributed by atoms with Crippen molar-refractivity contribution in [3.63, 3.8) is 0 Å². The summed E-state index contributed by atoms with van der Waals surface area (Å²) in [4.78, 5) is 13.3. The van der Waals surface area contributed by atoms with Crippen LogP contribution in [0.3, 0.4) is 0 Å². The highest BCUT2D eigenvalue weighted by atomic mass is 35.5. The summed E-state index contributed by atoms with van der Waals surface area (Å²) in [7, 11) is 0. The van der Waals surface area contributed by atoms with Crippen LogP contribution in [0.4, 0.5) is 5.69 Å². The smallest absolute Gasteiger partial charge is 0.236 e. The second-order valence-corrected chi connectivity index (χ2v) is 5.62. The standard InChI is InChI=1S/C13H18ClN3OS/c1-8(2)6-17(7-12(15)18)9-3-4-10(13(16)19)11(14)5-9/h3-5,8H,6-7H2,1-2H3,(H2,15,18)(H2,16,19). The van der Waals surface area contributed by atoms with Crippen LogP contribution in [0.25, 0.3) is 0 Å². The molecule has 0 saturated carbocycles. The van der Waals surface area contributed by atoms with Crippen molar-refractivity contribution in [2.45, 2.75) is 13.8 Å². The summed E-state index contributed by atoms with van der Waals surface area (Å²) in [5.74, 6) is 0.0172. The Balaban J connectivity index is 3.05. The lowest BCUT2D eigenvalue weighted by Gasteiger charge is -2.25. The van der Waals surface area contributed by atoms with E-state index in [2.05, 4.69) is 13.8 Å². The molecule has 104 valence electrons. The van der Waals surface area contributed by atoms with E-state index in [4.69, 9.17) is 35.3 Å². The number of benzene rings is 1. The third-order valence-corrected chi connectivity index (χ3v) is 3.05. The highest BCUT2D eigenvalue weighted by molar-refractivity contribution is 7.80. The first-order valence-corrected chi connectivity index (χ1v) is 6.72. The Hall–Kier alpha value is -1.33. The lowest BCUT2D eigenvalue weighted by Crippen LogP contribution is -2.36. The van der Waals surface area contributed by atoms with Gasteiger partial charge in [-0.1, -0.05) is 37.7 Å². The van der Waals surface area contributed by atoms with Gasteiger partial charge in [-0.25, -0.2) is 0 Å². The van der Waals surface area contributed by atoms with Crippen LogP contribution in [-0.4, -0.2) is 24.0 Å². The van der Waals surface area contributed by atoms with E-state index in [0.29, 0.717) is 23.0 Å². The maximum atomic E-state index is 11.1. The third kappa shape index (κ3) is 4.69. The lowest BCUT2D eigenvalue weighted by atomic mass is 10.1. The summed E-state index contributed by atoms with van der Waals surface area (Å²) in [6, 6.07) is 5.35. The Morgan fingerprint density at radius 1 is 1.42 bits per heavy atom. The van der Waals surface area contributed by atoms with Gasteiger partial charge in [0.2, 0.25) is 5.91 Å². The number of hydrogen-bond acceptors (Lipinski definition) is 3. The summed E-state index contributed by atoms with van der Waals surface area (Å²) in [6.45, 7) is 5.00. The van der Waals surface area contributed by atoms with Crippen LogP contribution < -0.4 is 16.4 Å². The molecule has 1 rings (SSSR count). The molecule has 0 aromatic heterocycles. The Bertz CT molecular complexity index is 491. The van der Waals surface area contributed by atoms with Gasteiger partial charge in [0.1, 0.15) is 4.99 Å². The molecule has 0 fully saturated rings. The number of carbonyl (C=O) groups is 1. The van der Waals surface area contributed by atoms with Crippen molar-refractivity contribution in [2.24, 2.45) is 17.4 Å². The number of carbonyl (C=O) groups excluding carboxylic acids is 1. The second-order valence-electron chi connectivity index (χ2n) is 4.77. The number of nitrogens with two attached hydrogens (primary N) is 2. The number of primary amides is 1. The molecule has 0 saturated heterocycles. The Labute approximate surface area is 123 Å². The molecule has 0 atom stereocenters. The van der Waals surface area contributed by atoms with Crippen LogP contribution in [0, 0.1) is 5.92 Å². The van der Waals surface area contributed by atoms with Gasteiger partial charge in [-0.05, 0) is 24.1 Å². The van der Waals surface area contributed by atoms with E-state index in [-0.39, 0.29) is 17.4 Å². The highest BCUT2D eigenvalue weighted by Crippen LogP contribution is 2.24. The van der Waals surface area contributed by atoms with Gasteiger partial charge in [0.05, 0.1) is 11.6 Å². The van der Waals surface area contributed by atoms with Gasteiger partial charge in [0, 0.05) is 17.8 Å². The molecular weight excluding hydrogens is 282 g/mol. The first kappa shape index (κ1) is 15.7. The van der Waals surface area contributed by atoms with E-state index in [1.165, 1.54) is 0 Å². The topological polar surface area (TPSA) is 72.3 Å². The number of amides is 1. The molecule has 6 heteroatoms. The van der Waals surface area contributed by atoms with Gasteiger partial charge >= 0.3 is 0 Å². The zero-order chi connectivity index (χ0) is 14.6. The molecule has 0 aliphatic carbocycles. The molecule has 0 spiro atoms. The molecule has 1 aromatic carbocycles. The minimum Gasteiger partial charge on any atom is -0.389 e. The Morgan fingerprint density at radius 3 is 2.47 bits per heavy atom. The van der Waals surface area contributed by atoms with Gasteiger partial charge in [-0.3, -0.25) is 4.79 Å². The maximum Gasteiger partial charge on any atom is 0.236 e. The molecule has 0 bridgehead atoms. The van der Waals surface area contributed by atoms with Crippen molar-refractivity contribution in [1.82, 2.24) is 0 Å². The predicted octanol–water partition coefficient (Wildman–Crippen LogP) is 1.92. The average Bonchev–Trinajstić information content (AvgIpc) is 2.26. The van der Waals surface area contributed by atoms with Crippen LogP contribution in [0.15, 0.2) is 18.2 Å². The second kappa shape index (κ2) is 6.73. The van der Waals surface area contributed by atoms with Gasteiger partial charge in [0.25, 0.3) is 0 Å². The summed E-state index contributed by atoms with van der Waals surface area (Å²) in [6.07, 6.45) is 0. The zero-order valence-electron chi connectivity index (χ0n) is 11.0. The van der Waals surface area contributed by atoms with E-state index in [1.54, 1.807) is 12.1 Å². The summed E-state index contributed by atoms with van der Waals surface area (Å²) >= 11 is 11.0. The number of hydrogen-bond donors (Lipinski definition) is 2. The number of anilines is 1. The first-order chi connectivity index (χ1) is 8.81. The lowest BCUT2D eigenvalue weighted by molar-refractivity contribution is -0.116. The number of rotatable bonds is 6. The molecule has 4 nitrogen and oxygen atoms in total. The van der Waals surface area contributed by atoms with Gasteiger partial charge in [-0.2, -0.15) is 0 Å². The Morgan fingerprint density at radius 2 is 2.05 bits per heavy atom. The first-order valence-electron chi connectivity index (χ1n) is 5.94. The molecule has 0 heterocycles. The predicted molar refractivity (Wildman–Crippen MR) is 83.6 cm³/mol. The Kier molecular flexibility index (Phi) is 5.57. The van der Waals surface area contributed by atoms with Crippen molar-refractivity contribution in [1.29, 1.82) is 0 Å². The third-order valence-electron chi connectivity index (χ3n) is 2.52. The minimum absolute atomic E-state index is 0.154.